The number of nitrogens with two attached hydrogens (primary N) is 1. The van der Waals surface area contributed by atoms with Crippen molar-refractivity contribution in [3.8, 4) is 5.69 Å². The number of halogens is 2. The number of imidazole rings is 1. The maximum atomic E-state index is 14.6. The normalized spacial score (nSPS) is 14.7. The van der Waals surface area contributed by atoms with Crippen molar-refractivity contribution >= 4 is 39.8 Å². The molecule has 35 heavy (non-hydrogen) atoms. The smallest absolute Gasteiger partial charge is 0.185 e. The zero-order valence-corrected chi connectivity index (χ0v) is 19.3. The van der Waals surface area contributed by atoms with Crippen LogP contribution in [0.2, 0.25) is 0 Å². The highest BCUT2D eigenvalue weighted by atomic mass is 19.2. The van der Waals surface area contributed by atoms with Gasteiger partial charge in [-0.3, -0.25) is 15.0 Å². The molecule has 0 aliphatic carbocycles. The minimum Gasteiger partial charge on any atom is -0.383 e. The van der Waals surface area contributed by atoms with Crippen LogP contribution in [0.4, 0.5) is 14.5 Å². The fraction of sp³-hybridized carbons (Fsp3) is 0.280. The van der Waals surface area contributed by atoms with Crippen molar-refractivity contribution in [3.05, 3.63) is 59.6 Å². The summed E-state index contributed by atoms with van der Waals surface area (Å²) in [6.07, 6.45) is 3.85. The SMILES string of the molecule is CCCc1nc2c(C(N)=NC=N)cc(N3CCOCC3)cc2n1-c1ccnc2c(F)c(F)ccc12. The second-order valence-corrected chi connectivity index (χ2v) is 8.30. The van der Waals surface area contributed by atoms with Crippen LogP contribution >= 0.6 is 0 Å². The van der Waals surface area contributed by atoms with E-state index in [0.717, 1.165) is 35.9 Å². The van der Waals surface area contributed by atoms with Gasteiger partial charge in [0.15, 0.2) is 11.6 Å². The van der Waals surface area contributed by atoms with Crippen LogP contribution in [0.25, 0.3) is 27.6 Å². The highest BCUT2D eigenvalue weighted by Crippen LogP contribution is 2.33. The molecular formula is C25H25F2N7O. The molecule has 10 heteroatoms. The van der Waals surface area contributed by atoms with Crippen molar-refractivity contribution in [2.75, 3.05) is 31.2 Å². The van der Waals surface area contributed by atoms with E-state index >= 15 is 0 Å². The van der Waals surface area contributed by atoms with Crippen LogP contribution in [-0.2, 0) is 11.2 Å². The molecule has 3 heterocycles. The molecule has 8 nitrogen and oxygen atoms in total. The highest BCUT2D eigenvalue weighted by Gasteiger charge is 2.22. The summed E-state index contributed by atoms with van der Waals surface area (Å²) in [6.45, 7) is 4.69. The number of ether oxygens (including phenoxy) is 1. The van der Waals surface area contributed by atoms with Gasteiger partial charge in [-0.15, -0.1) is 0 Å². The van der Waals surface area contributed by atoms with Gasteiger partial charge in [0, 0.05) is 42.3 Å². The summed E-state index contributed by atoms with van der Waals surface area (Å²) in [5.41, 5.74) is 9.79. The number of aryl methyl sites for hydroxylation is 1. The van der Waals surface area contributed by atoms with Crippen LogP contribution in [0.15, 0.2) is 41.5 Å². The number of benzene rings is 2. The van der Waals surface area contributed by atoms with Crippen molar-refractivity contribution in [2.24, 2.45) is 10.7 Å². The Morgan fingerprint density at radius 3 is 2.74 bits per heavy atom. The molecule has 0 unspecified atom stereocenters. The Hall–Kier alpha value is -3.92. The monoisotopic (exact) mass is 477 g/mol. The molecule has 1 fully saturated rings. The minimum absolute atomic E-state index is 0.0405. The van der Waals surface area contributed by atoms with Crippen molar-refractivity contribution < 1.29 is 13.5 Å². The number of nitrogens with one attached hydrogen (secondary N) is 1. The Morgan fingerprint density at radius 2 is 2.00 bits per heavy atom. The summed E-state index contributed by atoms with van der Waals surface area (Å²) in [5, 5.41) is 7.87. The Balaban J connectivity index is 1.85. The molecular weight excluding hydrogens is 452 g/mol. The van der Waals surface area contributed by atoms with E-state index in [1.54, 1.807) is 6.07 Å². The lowest BCUT2D eigenvalue weighted by atomic mass is 10.1. The Kier molecular flexibility index (Phi) is 6.12. The predicted octanol–water partition coefficient (Wildman–Crippen LogP) is 3.95. The summed E-state index contributed by atoms with van der Waals surface area (Å²) in [7, 11) is 0. The molecule has 0 bridgehead atoms. The summed E-state index contributed by atoms with van der Waals surface area (Å²) in [4.78, 5) is 15.2. The molecule has 0 saturated carbocycles. The third-order valence-corrected chi connectivity index (χ3v) is 6.17. The molecule has 1 aliphatic heterocycles. The number of rotatable bonds is 6. The van der Waals surface area contributed by atoms with Crippen LogP contribution < -0.4 is 10.6 Å². The first-order chi connectivity index (χ1) is 17.0. The van der Waals surface area contributed by atoms with Gasteiger partial charge in [0.1, 0.15) is 29.0 Å². The Bertz CT molecular complexity index is 1460. The van der Waals surface area contributed by atoms with Gasteiger partial charge in [-0.2, -0.15) is 0 Å². The minimum atomic E-state index is -0.983. The molecule has 5 rings (SSSR count). The molecule has 4 aromatic rings. The Labute approximate surface area is 200 Å². The number of fused-ring (bicyclic) bond motifs is 2. The highest BCUT2D eigenvalue weighted by molar-refractivity contribution is 6.11. The van der Waals surface area contributed by atoms with Crippen molar-refractivity contribution in [1.29, 1.82) is 5.41 Å². The van der Waals surface area contributed by atoms with Gasteiger partial charge < -0.3 is 15.4 Å². The number of hydrogen-bond donors (Lipinski definition) is 2. The molecule has 2 aromatic heterocycles. The zero-order valence-electron chi connectivity index (χ0n) is 19.3. The molecule has 1 saturated heterocycles. The van der Waals surface area contributed by atoms with E-state index in [0.29, 0.717) is 54.9 Å². The van der Waals surface area contributed by atoms with E-state index in [9.17, 15) is 8.78 Å². The number of pyridine rings is 1. The van der Waals surface area contributed by atoms with E-state index in [4.69, 9.17) is 20.9 Å². The first-order valence-electron chi connectivity index (χ1n) is 11.5. The first kappa shape index (κ1) is 22.9. The summed E-state index contributed by atoms with van der Waals surface area (Å²) in [5.74, 6) is -0.995. The van der Waals surface area contributed by atoms with Gasteiger partial charge in [0.05, 0.1) is 24.4 Å². The summed E-state index contributed by atoms with van der Waals surface area (Å²) >= 11 is 0. The molecule has 0 atom stereocenters. The Morgan fingerprint density at radius 1 is 1.20 bits per heavy atom. The largest absolute Gasteiger partial charge is 0.383 e. The van der Waals surface area contributed by atoms with Crippen molar-refractivity contribution in [2.45, 2.75) is 19.8 Å². The molecule has 0 amide bonds. The number of hydrogen-bond acceptors (Lipinski definition) is 5. The van der Waals surface area contributed by atoms with Crippen LogP contribution in [0.3, 0.4) is 0 Å². The van der Waals surface area contributed by atoms with E-state index in [1.807, 2.05) is 23.6 Å². The van der Waals surface area contributed by atoms with Crippen molar-refractivity contribution in [1.82, 2.24) is 14.5 Å². The van der Waals surface area contributed by atoms with Gasteiger partial charge in [0.2, 0.25) is 0 Å². The fourth-order valence-corrected chi connectivity index (χ4v) is 4.55. The number of aliphatic imine (C=N–C) groups is 1. The lowest BCUT2D eigenvalue weighted by Gasteiger charge is -2.29. The van der Waals surface area contributed by atoms with Gasteiger partial charge >= 0.3 is 0 Å². The average molecular weight is 478 g/mol. The van der Waals surface area contributed by atoms with E-state index < -0.39 is 11.6 Å². The fourth-order valence-electron chi connectivity index (χ4n) is 4.55. The average Bonchev–Trinajstić information content (AvgIpc) is 3.24. The lowest BCUT2D eigenvalue weighted by molar-refractivity contribution is 0.122. The lowest BCUT2D eigenvalue weighted by Crippen LogP contribution is -2.36. The van der Waals surface area contributed by atoms with Crippen molar-refractivity contribution in [3.63, 3.8) is 0 Å². The third kappa shape index (κ3) is 3.99. The van der Waals surface area contributed by atoms with Crippen LogP contribution in [-0.4, -0.2) is 53.0 Å². The molecule has 0 spiro atoms. The second-order valence-electron chi connectivity index (χ2n) is 8.30. The maximum Gasteiger partial charge on any atom is 0.185 e. The van der Waals surface area contributed by atoms with E-state index in [1.165, 1.54) is 12.3 Å². The van der Waals surface area contributed by atoms with Gasteiger partial charge in [-0.1, -0.05) is 6.92 Å². The molecule has 3 N–H and O–H groups in total. The van der Waals surface area contributed by atoms with Crippen LogP contribution in [0.5, 0.6) is 0 Å². The summed E-state index contributed by atoms with van der Waals surface area (Å²) < 4.78 is 36.0. The molecule has 0 radical (unpaired) electrons. The molecule has 180 valence electrons. The zero-order chi connectivity index (χ0) is 24.5. The standard InChI is InChI=1S/C25H25F2N7O/c1-2-3-21-32-23-17(25(29)31-14-28)12-15(33-8-10-35-11-9-33)13-20(23)34(21)19-6-7-30-24-16(19)4-5-18(26)22(24)27/h4-7,12-14H,2-3,8-11H2,1H3,(H3,28,29,31). The molecule has 1 aliphatic rings. The van der Waals surface area contributed by atoms with E-state index in [-0.39, 0.29) is 11.4 Å². The number of aromatic nitrogens is 3. The maximum absolute atomic E-state index is 14.6. The molecule has 2 aromatic carbocycles. The number of nitrogens with zero attached hydrogens (tertiary/aromatic N) is 5. The van der Waals surface area contributed by atoms with E-state index in [2.05, 4.69) is 14.9 Å². The first-order valence-corrected chi connectivity index (χ1v) is 11.5. The van der Waals surface area contributed by atoms with Gasteiger partial charge in [0.25, 0.3) is 0 Å². The number of amidine groups is 1. The van der Waals surface area contributed by atoms with Gasteiger partial charge in [-0.25, -0.2) is 18.8 Å². The summed E-state index contributed by atoms with van der Waals surface area (Å²) in [6, 6.07) is 8.38. The number of anilines is 1. The quantitative estimate of drug-likeness (QED) is 0.323. The third-order valence-electron chi connectivity index (χ3n) is 6.17. The number of morpholine rings is 1. The topological polar surface area (TPSA) is 105 Å². The predicted molar refractivity (Wildman–Crippen MR) is 133 cm³/mol. The second kappa shape index (κ2) is 9.38. The van der Waals surface area contributed by atoms with Crippen LogP contribution in [0.1, 0.15) is 24.7 Å². The van der Waals surface area contributed by atoms with Gasteiger partial charge in [-0.05, 0) is 36.8 Å². The van der Waals surface area contributed by atoms with Crippen LogP contribution in [0, 0.1) is 17.0 Å².